The molecule has 0 spiro atoms. The summed E-state index contributed by atoms with van der Waals surface area (Å²) in [5.74, 6) is 0.276. The third-order valence-corrected chi connectivity index (χ3v) is 3.19. The topological polar surface area (TPSA) is 15.3 Å². The molecule has 0 aromatic carbocycles. The van der Waals surface area contributed by atoms with E-state index in [2.05, 4.69) is 5.32 Å². The van der Waals surface area contributed by atoms with Gasteiger partial charge in [0, 0.05) is 12.1 Å². The minimum atomic E-state index is -4.10. The van der Waals surface area contributed by atoms with Crippen molar-refractivity contribution >= 4 is 0 Å². The van der Waals surface area contributed by atoms with Crippen LogP contribution < -0.4 is 5.32 Å². The van der Waals surface area contributed by atoms with Crippen LogP contribution in [0.4, 0.5) is 13.2 Å². The van der Waals surface area contributed by atoms with Crippen LogP contribution in [-0.2, 0) is 0 Å². The van der Waals surface area contributed by atoms with E-state index in [1.54, 1.807) is 4.90 Å². The number of rotatable bonds is 3. The molecule has 0 saturated carbocycles. The molecule has 0 aromatic rings. The molecule has 0 radical (unpaired) electrons. The summed E-state index contributed by atoms with van der Waals surface area (Å²) in [5.41, 5.74) is 0. The summed E-state index contributed by atoms with van der Waals surface area (Å²) >= 11 is 0. The second kappa shape index (κ2) is 5.36. The first-order valence-corrected chi connectivity index (χ1v) is 5.84. The van der Waals surface area contributed by atoms with Crippen LogP contribution in [0.3, 0.4) is 0 Å². The lowest BCUT2D eigenvalue weighted by molar-refractivity contribution is -0.158. The van der Waals surface area contributed by atoms with Crippen LogP contribution in [0, 0.1) is 5.92 Å². The number of alkyl halides is 3. The molecule has 2 atom stereocenters. The summed E-state index contributed by atoms with van der Waals surface area (Å²) in [6, 6.07) is -0.0185. The number of nitrogens with one attached hydrogen (secondary N) is 1. The van der Waals surface area contributed by atoms with Gasteiger partial charge in [-0.25, -0.2) is 0 Å². The van der Waals surface area contributed by atoms with Gasteiger partial charge >= 0.3 is 6.18 Å². The van der Waals surface area contributed by atoms with Crippen molar-refractivity contribution in [3.05, 3.63) is 0 Å². The Morgan fingerprint density at radius 3 is 2.44 bits per heavy atom. The van der Waals surface area contributed by atoms with Gasteiger partial charge in [0.2, 0.25) is 0 Å². The molecule has 1 fully saturated rings. The zero-order valence-electron chi connectivity index (χ0n) is 10.1. The summed E-state index contributed by atoms with van der Waals surface area (Å²) in [4.78, 5) is 1.59. The molecule has 1 rings (SSSR count). The molecule has 96 valence electrons. The number of piperidine rings is 1. The Morgan fingerprint density at radius 1 is 1.38 bits per heavy atom. The Kier molecular flexibility index (Phi) is 4.62. The van der Waals surface area contributed by atoms with E-state index in [0.29, 0.717) is 0 Å². The van der Waals surface area contributed by atoms with Gasteiger partial charge in [0.1, 0.15) is 0 Å². The molecule has 2 nitrogen and oxygen atoms in total. The van der Waals surface area contributed by atoms with E-state index in [1.807, 2.05) is 20.8 Å². The molecule has 0 bridgehead atoms. The summed E-state index contributed by atoms with van der Waals surface area (Å²) < 4.78 is 37.5. The average Bonchev–Trinajstić information content (AvgIpc) is 2.13. The van der Waals surface area contributed by atoms with Crippen LogP contribution in [0.2, 0.25) is 0 Å². The lowest BCUT2D eigenvalue weighted by Gasteiger charge is -2.41. The summed E-state index contributed by atoms with van der Waals surface area (Å²) in [6.45, 7) is 6.52. The van der Waals surface area contributed by atoms with Crippen LogP contribution in [0.25, 0.3) is 0 Å². The predicted octanol–water partition coefficient (Wildman–Crippen LogP) is 2.26. The minimum absolute atomic E-state index is 0.0443. The summed E-state index contributed by atoms with van der Waals surface area (Å²) in [6.07, 6.45) is -3.30. The smallest absolute Gasteiger partial charge is 0.316 e. The van der Waals surface area contributed by atoms with Gasteiger partial charge in [-0.2, -0.15) is 13.2 Å². The largest absolute Gasteiger partial charge is 0.401 e. The molecule has 1 aliphatic heterocycles. The maximum atomic E-state index is 12.5. The Labute approximate surface area is 95.2 Å². The van der Waals surface area contributed by atoms with E-state index >= 15 is 0 Å². The highest BCUT2D eigenvalue weighted by molar-refractivity contribution is 4.85. The van der Waals surface area contributed by atoms with E-state index < -0.39 is 12.7 Å². The van der Waals surface area contributed by atoms with E-state index in [9.17, 15) is 13.2 Å². The highest BCUT2D eigenvalue weighted by Gasteiger charge is 2.37. The highest BCUT2D eigenvalue weighted by atomic mass is 19.4. The second-order valence-corrected chi connectivity index (χ2v) is 4.92. The number of hydrogen-bond donors (Lipinski definition) is 1. The lowest BCUT2D eigenvalue weighted by atomic mass is 9.92. The van der Waals surface area contributed by atoms with Gasteiger partial charge in [-0.1, -0.05) is 6.92 Å². The van der Waals surface area contributed by atoms with Gasteiger partial charge < -0.3 is 5.32 Å². The summed E-state index contributed by atoms with van der Waals surface area (Å²) in [5, 5.41) is 3.21. The third-order valence-electron chi connectivity index (χ3n) is 3.19. The van der Waals surface area contributed by atoms with E-state index in [1.165, 1.54) is 0 Å². The molecule has 1 heterocycles. The Morgan fingerprint density at radius 2 is 2.00 bits per heavy atom. The molecular weight excluding hydrogens is 217 g/mol. The van der Waals surface area contributed by atoms with E-state index in [4.69, 9.17) is 0 Å². The molecule has 16 heavy (non-hydrogen) atoms. The first kappa shape index (κ1) is 13.8. The molecule has 1 aliphatic rings. The summed E-state index contributed by atoms with van der Waals surface area (Å²) in [7, 11) is 0. The zero-order valence-corrected chi connectivity index (χ0v) is 10.1. The van der Waals surface area contributed by atoms with Crippen LogP contribution in [-0.4, -0.2) is 42.8 Å². The molecular formula is C11H21F3N2. The van der Waals surface area contributed by atoms with Crippen molar-refractivity contribution in [1.29, 1.82) is 0 Å². The van der Waals surface area contributed by atoms with Crippen LogP contribution in [0.15, 0.2) is 0 Å². The van der Waals surface area contributed by atoms with Crippen molar-refractivity contribution in [2.45, 2.75) is 45.5 Å². The quantitative estimate of drug-likeness (QED) is 0.811. The maximum Gasteiger partial charge on any atom is 0.401 e. The van der Waals surface area contributed by atoms with E-state index in [-0.39, 0.29) is 18.0 Å². The molecule has 1 saturated heterocycles. The van der Waals surface area contributed by atoms with Gasteiger partial charge in [-0.15, -0.1) is 0 Å². The molecule has 0 aliphatic carbocycles. The zero-order chi connectivity index (χ0) is 12.3. The first-order chi connectivity index (χ1) is 7.31. The van der Waals surface area contributed by atoms with Gasteiger partial charge in [-0.05, 0) is 39.3 Å². The van der Waals surface area contributed by atoms with Crippen molar-refractivity contribution in [2.24, 2.45) is 5.92 Å². The molecule has 5 heteroatoms. The molecule has 2 unspecified atom stereocenters. The fourth-order valence-corrected chi connectivity index (χ4v) is 2.38. The number of nitrogens with zero attached hydrogens (tertiary/aromatic N) is 1. The lowest BCUT2D eigenvalue weighted by Crippen LogP contribution is -2.53. The fraction of sp³-hybridized carbons (Fsp3) is 1.00. The highest BCUT2D eigenvalue weighted by Crippen LogP contribution is 2.25. The van der Waals surface area contributed by atoms with Gasteiger partial charge in [0.05, 0.1) is 6.54 Å². The second-order valence-electron chi connectivity index (χ2n) is 4.92. The van der Waals surface area contributed by atoms with Crippen molar-refractivity contribution in [1.82, 2.24) is 10.2 Å². The van der Waals surface area contributed by atoms with Gasteiger partial charge in [-0.3, -0.25) is 4.90 Å². The number of hydrogen-bond acceptors (Lipinski definition) is 2. The monoisotopic (exact) mass is 238 g/mol. The van der Waals surface area contributed by atoms with Crippen LogP contribution in [0.5, 0.6) is 0 Å². The molecule has 1 N–H and O–H groups in total. The van der Waals surface area contributed by atoms with Crippen molar-refractivity contribution in [2.75, 3.05) is 19.6 Å². The normalized spacial score (nSPS) is 27.8. The first-order valence-electron chi connectivity index (χ1n) is 5.84. The van der Waals surface area contributed by atoms with Crippen molar-refractivity contribution in [3.8, 4) is 0 Å². The Bertz CT molecular complexity index is 216. The van der Waals surface area contributed by atoms with Crippen LogP contribution in [0.1, 0.15) is 27.2 Å². The standard InChI is InChI=1S/C11H21F3N2/c1-8(2)16(7-11(12,13)14)10-4-5-15-6-9(10)3/h8-10,15H,4-7H2,1-3H3. The van der Waals surface area contributed by atoms with E-state index in [0.717, 1.165) is 19.5 Å². The van der Waals surface area contributed by atoms with Gasteiger partial charge in [0.25, 0.3) is 0 Å². The van der Waals surface area contributed by atoms with Gasteiger partial charge in [0.15, 0.2) is 0 Å². The molecule has 0 aromatic heterocycles. The molecule has 0 amide bonds. The predicted molar refractivity (Wildman–Crippen MR) is 58.3 cm³/mol. The fourth-order valence-electron chi connectivity index (χ4n) is 2.38. The number of halogens is 3. The third kappa shape index (κ3) is 3.94. The Balaban J connectivity index is 2.68. The SMILES string of the molecule is CC1CNCCC1N(CC(F)(F)F)C(C)C. The van der Waals surface area contributed by atoms with Crippen molar-refractivity contribution < 1.29 is 13.2 Å². The maximum absolute atomic E-state index is 12.5. The van der Waals surface area contributed by atoms with Crippen LogP contribution >= 0.6 is 0 Å². The average molecular weight is 238 g/mol. The Hall–Kier alpha value is -0.290. The van der Waals surface area contributed by atoms with Crippen molar-refractivity contribution in [3.63, 3.8) is 0 Å². The minimum Gasteiger partial charge on any atom is -0.316 e.